The van der Waals surface area contributed by atoms with Crippen molar-refractivity contribution in [3.8, 4) is 0 Å². The number of nitrogens with one attached hydrogen (secondary N) is 1. The number of aromatic nitrogens is 3. The molecule has 6 rings (SSSR count). The number of carboxylic acids is 1. The van der Waals surface area contributed by atoms with E-state index in [1.54, 1.807) is 0 Å². The van der Waals surface area contributed by atoms with Crippen molar-refractivity contribution >= 4 is 11.9 Å². The van der Waals surface area contributed by atoms with Crippen LogP contribution < -0.4 is 11.1 Å². The number of fused-ring (bicyclic) bond motifs is 3. The molecule has 10 heteroatoms. The molecule has 4 fully saturated rings. The highest BCUT2D eigenvalue weighted by atomic mass is 16.5. The van der Waals surface area contributed by atoms with Gasteiger partial charge in [-0.15, -0.1) is 0 Å². The van der Waals surface area contributed by atoms with Crippen molar-refractivity contribution in [1.29, 1.82) is 0 Å². The largest absolute Gasteiger partial charge is 0.481 e. The number of hydrogen-bond donors (Lipinski definition) is 3. The molecule has 2 bridgehead atoms. The fourth-order valence-electron chi connectivity index (χ4n) is 12.5. The van der Waals surface area contributed by atoms with Gasteiger partial charge in [0.05, 0.1) is 37.9 Å². The van der Waals surface area contributed by atoms with Crippen molar-refractivity contribution in [2.75, 3.05) is 19.8 Å². The standard InChI is InChI=1S/C42H69N5O5/c1-24(2)27(7)37(8)17-18-39(10)28-13-14-31-38(9)20-51-22-42(31,29(28)15-16-40(39,11)32(37)36(49)50)19-30(33(38)52-21-41(12,43)25(3)4)47-34(44-23-45-47)35(48)46-26(5)6/h15,23-28,30-33H,13-14,16-22,43H2,1-12H3,(H,46,48)(H,49,50)/t27-,28+,30-,31+,32-,33+,37-,38-,39-,40+,41+,42+/m1/s1. The highest BCUT2D eigenvalue weighted by Gasteiger charge is 2.72. The van der Waals surface area contributed by atoms with Gasteiger partial charge in [0, 0.05) is 22.4 Å². The van der Waals surface area contributed by atoms with Crippen LogP contribution in [0.5, 0.6) is 0 Å². The molecule has 0 spiro atoms. The van der Waals surface area contributed by atoms with E-state index in [1.165, 1.54) is 11.9 Å². The molecule has 0 aromatic carbocycles. The molecule has 3 saturated carbocycles. The summed E-state index contributed by atoms with van der Waals surface area (Å²) in [6.45, 7) is 27.8. The molecule has 5 aliphatic rings. The molecule has 4 aliphatic carbocycles. The zero-order valence-electron chi connectivity index (χ0n) is 34.2. The second kappa shape index (κ2) is 13.2. The van der Waals surface area contributed by atoms with Gasteiger partial charge in [0.2, 0.25) is 5.82 Å². The molecular formula is C42H69N5O5. The summed E-state index contributed by atoms with van der Waals surface area (Å²) in [5.74, 6) is 0.370. The van der Waals surface area contributed by atoms with E-state index < -0.39 is 22.8 Å². The Morgan fingerprint density at radius 3 is 2.38 bits per heavy atom. The number of ether oxygens (including phenoxy) is 2. The maximum atomic E-state index is 13.6. The predicted molar refractivity (Wildman–Crippen MR) is 202 cm³/mol. The van der Waals surface area contributed by atoms with Gasteiger partial charge in [-0.25, -0.2) is 9.67 Å². The predicted octanol–water partition coefficient (Wildman–Crippen LogP) is 7.30. The Kier molecular flexibility index (Phi) is 9.98. The molecule has 52 heavy (non-hydrogen) atoms. The summed E-state index contributed by atoms with van der Waals surface area (Å²) in [5.41, 5.74) is 6.15. The van der Waals surface area contributed by atoms with E-state index in [9.17, 15) is 14.7 Å². The maximum Gasteiger partial charge on any atom is 0.307 e. The Balaban J connectivity index is 1.47. The summed E-state index contributed by atoms with van der Waals surface area (Å²) in [4.78, 5) is 31.7. The monoisotopic (exact) mass is 724 g/mol. The van der Waals surface area contributed by atoms with Crippen molar-refractivity contribution in [2.45, 2.75) is 145 Å². The number of allylic oxidation sites excluding steroid dienone is 1. The van der Waals surface area contributed by atoms with Crippen molar-refractivity contribution in [2.24, 2.45) is 68.3 Å². The number of carbonyl (C=O) groups is 2. The average Bonchev–Trinajstić information content (AvgIpc) is 3.54. The first-order valence-electron chi connectivity index (χ1n) is 20.2. The van der Waals surface area contributed by atoms with Gasteiger partial charge in [-0.2, -0.15) is 5.10 Å². The number of carbonyl (C=O) groups excluding carboxylic acids is 1. The molecule has 292 valence electrons. The molecule has 12 atom stereocenters. The van der Waals surface area contributed by atoms with E-state index in [-0.39, 0.29) is 69.4 Å². The van der Waals surface area contributed by atoms with Crippen molar-refractivity contribution < 1.29 is 24.2 Å². The second-order valence-electron chi connectivity index (χ2n) is 20.2. The van der Waals surface area contributed by atoms with Gasteiger partial charge in [-0.1, -0.05) is 74.0 Å². The summed E-state index contributed by atoms with van der Waals surface area (Å²) in [7, 11) is 0. The first-order valence-corrected chi connectivity index (χ1v) is 20.2. The maximum absolute atomic E-state index is 13.6. The third-order valence-corrected chi connectivity index (χ3v) is 16.5. The van der Waals surface area contributed by atoms with Gasteiger partial charge in [0.15, 0.2) is 0 Å². The topological polar surface area (TPSA) is 142 Å². The Morgan fingerprint density at radius 1 is 1.08 bits per heavy atom. The minimum atomic E-state index is -0.648. The molecule has 1 aromatic heterocycles. The van der Waals surface area contributed by atoms with Gasteiger partial charge in [0.25, 0.3) is 5.91 Å². The van der Waals surface area contributed by atoms with Crippen LogP contribution in [0.2, 0.25) is 0 Å². The summed E-state index contributed by atoms with van der Waals surface area (Å²) < 4.78 is 15.6. The number of nitrogens with zero attached hydrogens (tertiary/aromatic N) is 3. The minimum Gasteiger partial charge on any atom is -0.481 e. The number of nitrogens with two attached hydrogens (primary N) is 1. The van der Waals surface area contributed by atoms with E-state index in [1.807, 2.05) is 25.5 Å². The highest BCUT2D eigenvalue weighted by Crippen LogP contribution is 2.75. The van der Waals surface area contributed by atoms with Gasteiger partial charge >= 0.3 is 5.97 Å². The zero-order valence-corrected chi connectivity index (χ0v) is 34.2. The van der Waals surface area contributed by atoms with Crippen LogP contribution in [0.25, 0.3) is 0 Å². The van der Waals surface area contributed by atoms with Crippen LogP contribution in [0.3, 0.4) is 0 Å². The lowest BCUT2D eigenvalue weighted by molar-refractivity contribution is -0.252. The molecule has 10 nitrogen and oxygen atoms in total. The van der Waals surface area contributed by atoms with Gasteiger partial charge in [-0.05, 0) is 105 Å². The van der Waals surface area contributed by atoms with Crippen LogP contribution >= 0.6 is 0 Å². The van der Waals surface area contributed by atoms with Crippen molar-refractivity contribution in [3.05, 3.63) is 23.8 Å². The lowest BCUT2D eigenvalue weighted by atomic mass is 9.34. The van der Waals surface area contributed by atoms with Crippen LogP contribution in [0.15, 0.2) is 18.0 Å². The molecule has 0 unspecified atom stereocenters. The lowest BCUT2D eigenvalue weighted by Crippen LogP contribution is -2.69. The first kappa shape index (κ1) is 39.4. The smallest absolute Gasteiger partial charge is 0.307 e. The zero-order chi connectivity index (χ0) is 38.4. The van der Waals surface area contributed by atoms with E-state index in [2.05, 4.69) is 78.7 Å². The molecule has 1 aliphatic heterocycles. The minimum absolute atomic E-state index is 0.0506. The second-order valence-corrected chi connectivity index (χ2v) is 20.2. The van der Waals surface area contributed by atoms with Crippen molar-refractivity contribution in [1.82, 2.24) is 20.1 Å². The summed E-state index contributed by atoms with van der Waals surface area (Å²) in [6, 6.07) is -0.331. The molecule has 2 heterocycles. The molecule has 4 N–H and O–H groups in total. The van der Waals surface area contributed by atoms with Crippen LogP contribution in [-0.2, 0) is 14.3 Å². The normalized spacial score (nSPS) is 41.8. The first-order chi connectivity index (χ1) is 24.1. The number of rotatable bonds is 10. The Bertz CT molecular complexity index is 1570. The van der Waals surface area contributed by atoms with Gasteiger partial charge in [0.1, 0.15) is 6.33 Å². The van der Waals surface area contributed by atoms with Gasteiger partial charge < -0.3 is 25.6 Å². The van der Waals surface area contributed by atoms with Crippen molar-refractivity contribution in [3.63, 3.8) is 0 Å². The van der Waals surface area contributed by atoms with Crippen LogP contribution in [0.4, 0.5) is 0 Å². The SMILES string of the molecule is CC(C)NC(=O)c1ncnn1[C@@H]1C[C@@]23COC[C@](C)([C@@H]2CC[C@H]2C3=CC[C@@]3(C)[C@H](C(=O)O)[C@@](C)([C@H](C)C(C)C)CC[C@]23C)[C@H]1OC[C@](C)(N)C(C)C. The summed E-state index contributed by atoms with van der Waals surface area (Å²) in [5, 5.41) is 18.9. The van der Waals surface area contributed by atoms with Crippen LogP contribution in [0, 0.1) is 62.6 Å². The van der Waals surface area contributed by atoms with Gasteiger partial charge in [-0.3, -0.25) is 9.59 Å². The molecule has 0 radical (unpaired) electrons. The molecular weight excluding hydrogens is 654 g/mol. The fraction of sp³-hybridized carbons (Fsp3) is 0.857. The van der Waals surface area contributed by atoms with E-state index in [4.69, 9.17) is 20.3 Å². The Morgan fingerprint density at radius 2 is 1.77 bits per heavy atom. The quantitative estimate of drug-likeness (QED) is 0.214. The highest BCUT2D eigenvalue weighted by molar-refractivity contribution is 5.90. The van der Waals surface area contributed by atoms with Crippen LogP contribution in [0.1, 0.15) is 138 Å². The number of aliphatic carboxylic acids is 1. The number of carboxylic acid groups (broad SMARTS) is 1. The average molecular weight is 724 g/mol. The Labute approximate surface area is 312 Å². The Hall–Kier alpha value is -2.30. The van der Waals surface area contributed by atoms with Crippen LogP contribution in [-0.4, -0.2) is 69.3 Å². The number of amides is 1. The molecule has 1 aromatic rings. The summed E-state index contributed by atoms with van der Waals surface area (Å²) >= 11 is 0. The van der Waals surface area contributed by atoms with E-state index in [0.717, 1.165) is 32.1 Å². The van der Waals surface area contributed by atoms with E-state index in [0.29, 0.717) is 38.0 Å². The third-order valence-electron chi connectivity index (χ3n) is 16.5. The lowest BCUT2D eigenvalue weighted by Gasteiger charge is -2.71. The number of hydrogen-bond acceptors (Lipinski definition) is 7. The fourth-order valence-corrected chi connectivity index (χ4v) is 12.5. The summed E-state index contributed by atoms with van der Waals surface area (Å²) in [6.07, 6.45) is 9.02. The molecule has 1 saturated heterocycles. The molecule has 1 amide bonds. The third kappa shape index (κ3) is 5.65. The van der Waals surface area contributed by atoms with E-state index >= 15 is 0 Å².